The predicted molar refractivity (Wildman–Crippen MR) is 138 cm³/mol. The molecule has 1 amide bonds. The summed E-state index contributed by atoms with van der Waals surface area (Å²) in [5, 5.41) is 6.70. The van der Waals surface area contributed by atoms with E-state index in [1.165, 1.54) is 5.01 Å². The molecule has 0 aliphatic carbocycles. The summed E-state index contributed by atoms with van der Waals surface area (Å²) in [4.78, 5) is 26.7. The molecule has 174 valence electrons. The second-order valence-corrected chi connectivity index (χ2v) is 9.38. The van der Waals surface area contributed by atoms with E-state index < -0.39 is 0 Å². The SMILES string of the molecule is CN(C)c1ccc(C2CC(c3ccccc3Cl)=NN2C(=O)COc2ccc(Br)cc2C=O)cc1. The molecule has 0 saturated heterocycles. The molecule has 3 aromatic carbocycles. The van der Waals surface area contributed by atoms with E-state index in [1.54, 1.807) is 18.2 Å². The van der Waals surface area contributed by atoms with Gasteiger partial charge in [-0.25, -0.2) is 5.01 Å². The molecule has 1 aliphatic rings. The highest BCUT2D eigenvalue weighted by Crippen LogP contribution is 2.35. The first-order valence-corrected chi connectivity index (χ1v) is 11.8. The van der Waals surface area contributed by atoms with Gasteiger partial charge in [0.15, 0.2) is 12.9 Å². The van der Waals surface area contributed by atoms with Gasteiger partial charge in [-0.1, -0.05) is 57.9 Å². The topological polar surface area (TPSA) is 62.2 Å². The number of amides is 1. The lowest BCUT2D eigenvalue weighted by atomic mass is 9.98. The Morgan fingerprint density at radius 2 is 1.91 bits per heavy atom. The molecule has 1 unspecified atom stereocenters. The van der Waals surface area contributed by atoms with E-state index in [2.05, 4.69) is 21.0 Å². The van der Waals surface area contributed by atoms with Crippen molar-refractivity contribution in [2.45, 2.75) is 12.5 Å². The molecule has 1 heterocycles. The molecule has 3 aromatic rings. The summed E-state index contributed by atoms with van der Waals surface area (Å²) < 4.78 is 6.46. The molecular weight excluding hydrogens is 518 g/mol. The average molecular weight is 541 g/mol. The summed E-state index contributed by atoms with van der Waals surface area (Å²) in [5.41, 5.74) is 3.91. The Labute approximate surface area is 211 Å². The summed E-state index contributed by atoms with van der Waals surface area (Å²) in [5.74, 6) is 0.0245. The van der Waals surface area contributed by atoms with E-state index in [0.29, 0.717) is 29.0 Å². The molecule has 34 heavy (non-hydrogen) atoms. The van der Waals surface area contributed by atoms with Crippen LogP contribution in [0.5, 0.6) is 5.75 Å². The van der Waals surface area contributed by atoms with Gasteiger partial charge >= 0.3 is 0 Å². The van der Waals surface area contributed by atoms with Crippen molar-refractivity contribution in [3.8, 4) is 5.75 Å². The van der Waals surface area contributed by atoms with Crippen LogP contribution in [0.15, 0.2) is 76.3 Å². The molecule has 4 rings (SSSR count). The van der Waals surface area contributed by atoms with Crippen molar-refractivity contribution in [1.82, 2.24) is 5.01 Å². The van der Waals surface area contributed by atoms with Crippen LogP contribution in [0.4, 0.5) is 5.69 Å². The molecule has 1 atom stereocenters. The number of hydrogen-bond donors (Lipinski definition) is 0. The van der Waals surface area contributed by atoms with Crippen LogP contribution in [0.2, 0.25) is 5.02 Å². The van der Waals surface area contributed by atoms with Crippen molar-refractivity contribution in [3.05, 3.63) is 92.9 Å². The van der Waals surface area contributed by atoms with Crippen LogP contribution < -0.4 is 9.64 Å². The lowest BCUT2D eigenvalue weighted by Crippen LogP contribution is -2.31. The number of rotatable bonds is 7. The van der Waals surface area contributed by atoms with Crippen molar-refractivity contribution < 1.29 is 14.3 Å². The van der Waals surface area contributed by atoms with Crippen LogP contribution in [-0.4, -0.2) is 43.6 Å². The van der Waals surface area contributed by atoms with Crippen LogP contribution in [0.1, 0.15) is 33.9 Å². The Hall–Kier alpha value is -3.16. The highest BCUT2D eigenvalue weighted by molar-refractivity contribution is 9.10. The van der Waals surface area contributed by atoms with Crippen LogP contribution >= 0.6 is 27.5 Å². The Bertz CT molecular complexity index is 1240. The molecule has 0 radical (unpaired) electrons. The monoisotopic (exact) mass is 539 g/mol. The van der Waals surface area contributed by atoms with Crippen molar-refractivity contribution in [2.75, 3.05) is 25.6 Å². The Morgan fingerprint density at radius 3 is 2.59 bits per heavy atom. The molecule has 0 N–H and O–H groups in total. The van der Waals surface area contributed by atoms with Crippen LogP contribution in [0.3, 0.4) is 0 Å². The van der Waals surface area contributed by atoms with E-state index in [1.807, 2.05) is 67.5 Å². The molecule has 0 fully saturated rings. The molecule has 0 spiro atoms. The highest BCUT2D eigenvalue weighted by Gasteiger charge is 2.34. The smallest absolute Gasteiger partial charge is 0.281 e. The van der Waals surface area contributed by atoms with Crippen molar-refractivity contribution in [2.24, 2.45) is 5.10 Å². The van der Waals surface area contributed by atoms with Crippen LogP contribution in [-0.2, 0) is 4.79 Å². The van der Waals surface area contributed by atoms with Gasteiger partial charge < -0.3 is 9.64 Å². The number of benzene rings is 3. The summed E-state index contributed by atoms with van der Waals surface area (Å²) in [6, 6.07) is 20.3. The van der Waals surface area contributed by atoms with E-state index >= 15 is 0 Å². The minimum Gasteiger partial charge on any atom is -0.483 e. The second kappa shape index (κ2) is 10.4. The number of nitrogens with zero attached hydrogens (tertiary/aromatic N) is 3. The van der Waals surface area contributed by atoms with Crippen molar-refractivity contribution in [3.63, 3.8) is 0 Å². The lowest BCUT2D eigenvalue weighted by molar-refractivity contribution is -0.135. The van der Waals surface area contributed by atoms with Gasteiger partial charge in [0.25, 0.3) is 5.91 Å². The van der Waals surface area contributed by atoms with Gasteiger partial charge in [0.1, 0.15) is 5.75 Å². The number of aldehydes is 1. The maximum atomic E-state index is 13.3. The molecule has 6 nitrogen and oxygen atoms in total. The molecule has 0 bridgehead atoms. The normalized spacial score (nSPS) is 15.1. The summed E-state index contributed by atoms with van der Waals surface area (Å²) in [6.07, 6.45) is 1.22. The van der Waals surface area contributed by atoms with E-state index in [4.69, 9.17) is 16.3 Å². The molecule has 0 aromatic heterocycles. The predicted octanol–water partition coefficient (Wildman–Crippen LogP) is 5.74. The molecule has 8 heteroatoms. The summed E-state index contributed by atoms with van der Waals surface area (Å²) >= 11 is 9.75. The van der Waals surface area contributed by atoms with E-state index in [9.17, 15) is 9.59 Å². The zero-order valence-corrected chi connectivity index (χ0v) is 21.1. The maximum absolute atomic E-state index is 13.3. The average Bonchev–Trinajstić information content (AvgIpc) is 3.28. The summed E-state index contributed by atoms with van der Waals surface area (Å²) in [6.45, 7) is -0.256. The minimum atomic E-state index is -0.316. The van der Waals surface area contributed by atoms with Gasteiger partial charge in [-0.2, -0.15) is 5.10 Å². The first-order valence-electron chi connectivity index (χ1n) is 10.7. The zero-order chi connectivity index (χ0) is 24.2. The molecular formula is C26H23BrClN3O3. The van der Waals surface area contributed by atoms with Gasteiger partial charge in [-0.3, -0.25) is 9.59 Å². The van der Waals surface area contributed by atoms with Gasteiger partial charge in [-0.15, -0.1) is 0 Å². The van der Waals surface area contributed by atoms with Gasteiger partial charge in [-0.05, 0) is 42.0 Å². The highest BCUT2D eigenvalue weighted by atomic mass is 79.9. The van der Waals surface area contributed by atoms with E-state index in [-0.39, 0.29) is 18.6 Å². The first kappa shape index (κ1) is 24.0. The van der Waals surface area contributed by atoms with Gasteiger partial charge in [0, 0.05) is 41.3 Å². The summed E-state index contributed by atoms with van der Waals surface area (Å²) in [7, 11) is 3.96. The Balaban J connectivity index is 1.61. The number of hydrazone groups is 1. The number of hydrogen-bond acceptors (Lipinski definition) is 5. The third-order valence-electron chi connectivity index (χ3n) is 5.59. The fourth-order valence-electron chi connectivity index (χ4n) is 3.80. The maximum Gasteiger partial charge on any atom is 0.281 e. The van der Waals surface area contributed by atoms with Crippen LogP contribution in [0, 0.1) is 0 Å². The third kappa shape index (κ3) is 5.16. The number of carbonyl (C=O) groups is 2. The fourth-order valence-corrected chi connectivity index (χ4v) is 4.42. The van der Waals surface area contributed by atoms with Gasteiger partial charge in [0.2, 0.25) is 0 Å². The number of halogens is 2. The lowest BCUT2D eigenvalue weighted by Gasteiger charge is -2.23. The fraction of sp³-hybridized carbons (Fsp3) is 0.192. The van der Waals surface area contributed by atoms with Crippen molar-refractivity contribution >= 4 is 51.1 Å². The first-order chi connectivity index (χ1) is 16.4. The standard InChI is InChI=1S/C26H23BrClN3O3/c1-30(2)20-10-7-17(8-11-20)24-14-23(21-5-3-4-6-22(21)28)29-31(24)26(33)16-34-25-12-9-19(27)13-18(25)15-32/h3-13,15,24H,14,16H2,1-2H3. The van der Waals surface area contributed by atoms with Crippen molar-refractivity contribution in [1.29, 1.82) is 0 Å². The number of ether oxygens (including phenoxy) is 1. The minimum absolute atomic E-state index is 0.256. The molecule has 1 aliphatic heterocycles. The molecule has 0 saturated carbocycles. The zero-order valence-electron chi connectivity index (χ0n) is 18.7. The van der Waals surface area contributed by atoms with Crippen LogP contribution in [0.25, 0.3) is 0 Å². The number of carbonyl (C=O) groups excluding carboxylic acids is 2. The largest absolute Gasteiger partial charge is 0.483 e. The third-order valence-corrected chi connectivity index (χ3v) is 6.42. The second-order valence-electron chi connectivity index (χ2n) is 8.06. The quantitative estimate of drug-likeness (QED) is 0.359. The Kier molecular flexibility index (Phi) is 7.34. The Morgan fingerprint density at radius 1 is 1.18 bits per heavy atom. The number of anilines is 1. The van der Waals surface area contributed by atoms with E-state index in [0.717, 1.165) is 27.0 Å². The van der Waals surface area contributed by atoms with Gasteiger partial charge in [0.05, 0.1) is 17.3 Å².